The minimum atomic E-state index is -0.570. The molecule has 1 N–H and O–H groups in total. The highest BCUT2D eigenvalue weighted by Crippen LogP contribution is 2.20. The Morgan fingerprint density at radius 3 is 3.21 bits per heavy atom. The number of benzene rings is 1. The first-order chi connectivity index (χ1) is 11.8. The maximum absolute atomic E-state index is 12.2. The first-order valence-electron chi connectivity index (χ1n) is 7.87. The molecule has 1 aliphatic heterocycles. The maximum Gasteiger partial charge on any atom is 0.264 e. The Labute approximate surface area is 140 Å². The van der Waals surface area contributed by atoms with Gasteiger partial charge in [0.15, 0.2) is 0 Å². The molecule has 1 aliphatic rings. The van der Waals surface area contributed by atoms with Crippen molar-refractivity contribution in [2.45, 2.75) is 25.5 Å². The number of hydrogen-bond donors (Lipinski definition) is 1. The van der Waals surface area contributed by atoms with E-state index in [0.29, 0.717) is 13.0 Å². The van der Waals surface area contributed by atoms with Gasteiger partial charge in [0.25, 0.3) is 5.91 Å². The lowest BCUT2D eigenvalue weighted by Gasteiger charge is -2.09. The normalized spacial score (nSPS) is 16.4. The monoisotopic (exact) mass is 328 g/mol. The first kappa shape index (κ1) is 16.0. The van der Waals surface area contributed by atoms with Crippen LogP contribution in [0.3, 0.4) is 0 Å². The summed E-state index contributed by atoms with van der Waals surface area (Å²) < 4.78 is 7.18. The zero-order chi connectivity index (χ0) is 16.8. The van der Waals surface area contributed by atoms with E-state index in [4.69, 9.17) is 9.57 Å². The summed E-state index contributed by atoms with van der Waals surface area (Å²) in [4.78, 5) is 21.4. The Balaban J connectivity index is 1.44. The molecular weight excluding hydrogens is 308 g/mol. The molecule has 0 aliphatic carbocycles. The van der Waals surface area contributed by atoms with E-state index in [-0.39, 0.29) is 5.91 Å². The molecule has 0 saturated carbocycles. The van der Waals surface area contributed by atoms with Gasteiger partial charge in [0.2, 0.25) is 6.10 Å². The van der Waals surface area contributed by atoms with Gasteiger partial charge in [0.05, 0.1) is 19.1 Å². The van der Waals surface area contributed by atoms with E-state index in [9.17, 15) is 4.79 Å². The number of imidazole rings is 1. The van der Waals surface area contributed by atoms with E-state index in [0.717, 1.165) is 30.0 Å². The number of carbonyl (C=O) groups excluding carboxylic acids is 1. The van der Waals surface area contributed by atoms with Gasteiger partial charge in [-0.1, -0.05) is 17.3 Å². The van der Waals surface area contributed by atoms with Crippen molar-refractivity contribution in [2.75, 3.05) is 13.7 Å². The molecule has 3 rings (SSSR count). The van der Waals surface area contributed by atoms with Gasteiger partial charge < -0.3 is 19.5 Å². The molecule has 0 radical (unpaired) electrons. The Bertz CT molecular complexity index is 712. The van der Waals surface area contributed by atoms with Crippen molar-refractivity contribution in [3.63, 3.8) is 0 Å². The average Bonchev–Trinajstić information content (AvgIpc) is 3.30. The number of aryl methyl sites for hydroxylation is 1. The van der Waals surface area contributed by atoms with Crippen LogP contribution >= 0.6 is 0 Å². The van der Waals surface area contributed by atoms with Crippen LogP contribution < -0.4 is 10.1 Å². The van der Waals surface area contributed by atoms with Crippen molar-refractivity contribution in [3.05, 3.63) is 48.5 Å². The number of nitrogens with one attached hydrogen (secondary N) is 1. The molecule has 24 heavy (non-hydrogen) atoms. The number of methoxy groups -OCH3 is 1. The van der Waals surface area contributed by atoms with Crippen LogP contribution in [0.15, 0.2) is 48.1 Å². The molecule has 1 atom stereocenters. The number of oxime groups is 1. The largest absolute Gasteiger partial charge is 0.497 e. The Morgan fingerprint density at radius 2 is 2.42 bits per heavy atom. The summed E-state index contributed by atoms with van der Waals surface area (Å²) in [6, 6.07) is 7.56. The lowest BCUT2D eigenvalue weighted by atomic mass is 10.0. The quantitative estimate of drug-likeness (QED) is 0.783. The highest BCUT2D eigenvalue weighted by molar-refractivity contribution is 6.04. The first-order valence-corrected chi connectivity index (χ1v) is 7.87. The summed E-state index contributed by atoms with van der Waals surface area (Å²) in [5.41, 5.74) is 1.66. The molecule has 1 aromatic carbocycles. The Morgan fingerprint density at radius 1 is 1.50 bits per heavy atom. The summed E-state index contributed by atoms with van der Waals surface area (Å²) in [7, 11) is 1.62. The van der Waals surface area contributed by atoms with Crippen LogP contribution in [0.5, 0.6) is 5.75 Å². The van der Waals surface area contributed by atoms with Crippen LogP contribution in [0, 0.1) is 0 Å². The fourth-order valence-electron chi connectivity index (χ4n) is 2.50. The number of rotatable bonds is 7. The third-order valence-electron chi connectivity index (χ3n) is 3.82. The Kier molecular flexibility index (Phi) is 5.10. The van der Waals surface area contributed by atoms with Crippen molar-refractivity contribution >= 4 is 11.6 Å². The molecule has 2 heterocycles. The number of amides is 1. The van der Waals surface area contributed by atoms with Crippen LogP contribution in [-0.4, -0.2) is 40.9 Å². The number of aromatic nitrogens is 2. The molecule has 1 amide bonds. The summed E-state index contributed by atoms with van der Waals surface area (Å²) in [5, 5.41) is 6.93. The average molecular weight is 328 g/mol. The summed E-state index contributed by atoms with van der Waals surface area (Å²) in [5.74, 6) is 0.616. The van der Waals surface area contributed by atoms with Crippen molar-refractivity contribution in [3.8, 4) is 5.75 Å². The van der Waals surface area contributed by atoms with E-state index in [1.54, 1.807) is 19.6 Å². The Hall–Kier alpha value is -2.83. The topological polar surface area (TPSA) is 77.7 Å². The predicted octanol–water partition coefficient (Wildman–Crippen LogP) is 1.59. The molecule has 7 heteroatoms. The van der Waals surface area contributed by atoms with Gasteiger partial charge in [-0.2, -0.15) is 0 Å². The van der Waals surface area contributed by atoms with Crippen molar-refractivity contribution in [2.24, 2.45) is 5.16 Å². The van der Waals surface area contributed by atoms with Crippen molar-refractivity contribution in [1.29, 1.82) is 0 Å². The van der Waals surface area contributed by atoms with Crippen LogP contribution in [0.1, 0.15) is 18.4 Å². The smallest absolute Gasteiger partial charge is 0.264 e. The van der Waals surface area contributed by atoms with Crippen molar-refractivity contribution in [1.82, 2.24) is 14.9 Å². The zero-order valence-corrected chi connectivity index (χ0v) is 13.5. The van der Waals surface area contributed by atoms with Gasteiger partial charge in [-0.05, 0) is 18.6 Å². The van der Waals surface area contributed by atoms with Crippen LogP contribution in [0.4, 0.5) is 0 Å². The number of carbonyl (C=O) groups is 1. The molecule has 0 unspecified atom stereocenters. The predicted molar refractivity (Wildman–Crippen MR) is 88.9 cm³/mol. The molecule has 126 valence electrons. The van der Waals surface area contributed by atoms with Gasteiger partial charge in [0.1, 0.15) is 5.75 Å². The van der Waals surface area contributed by atoms with Gasteiger partial charge in [-0.3, -0.25) is 4.79 Å². The third-order valence-corrected chi connectivity index (χ3v) is 3.82. The molecular formula is C17H20N4O3. The maximum atomic E-state index is 12.2. The van der Waals surface area contributed by atoms with Gasteiger partial charge in [-0.15, -0.1) is 0 Å². The minimum absolute atomic E-state index is 0.137. The second kappa shape index (κ2) is 7.63. The molecule has 1 aromatic heterocycles. The van der Waals surface area contributed by atoms with E-state index < -0.39 is 6.10 Å². The second-order valence-corrected chi connectivity index (χ2v) is 5.51. The highest BCUT2D eigenvalue weighted by atomic mass is 16.6. The SMILES string of the molecule is COc1cccc(C2=NO[C@@H](C(=O)NCCCn3ccnc3)C2)c1. The van der Waals surface area contributed by atoms with Crippen molar-refractivity contribution < 1.29 is 14.4 Å². The fraction of sp³-hybridized carbons (Fsp3) is 0.353. The lowest BCUT2D eigenvalue weighted by molar-refractivity contribution is -0.131. The summed E-state index contributed by atoms with van der Waals surface area (Å²) in [6.07, 6.45) is 6.12. The molecule has 0 saturated heterocycles. The standard InChI is InChI=1S/C17H20N4O3/c1-23-14-5-2-4-13(10-14)15-11-16(24-20-15)17(22)19-6-3-8-21-9-7-18-12-21/h2,4-5,7,9-10,12,16H,3,6,8,11H2,1H3,(H,19,22)/t16-/m1/s1. The molecule has 0 spiro atoms. The molecule has 7 nitrogen and oxygen atoms in total. The summed E-state index contributed by atoms with van der Waals surface area (Å²) >= 11 is 0. The van der Waals surface area contributed by atoms with Gasteiger partial charge >= 0.3 is 0 Å². The highest BCUT2D eigenvalue weighted by Gasteiger charge is 2.28. The minimum Gasteiger partial charge on any atom is -0.497 e. The van der Waals surface area contributed by atoms with E-state index in [1.807, 2.05) is 35.0 Å². The molecule has 0 bridgehead atoms. The lowest BCUT2D eigenvalue weighted by Crippen LogP contribution is -2.35. The molecule has 0 fully saturated rings. The number of ether oxygens (including phenoxy) is 1. The van der Waals surface area contributed by atoms with E-state index in [1.165, 1.54) is 0 Å². The fourth-order valence-corrected chi connectivity index (χ4v) is 2.50. The second-order valence-electron chi connectivity index (χ2n) is 5.51. The van der Waals surface area contributed by atoms with E-state index >= 15 is 0 Å². The van der Waals surface area contributed by atoms with Gasteiger partial charge in [0, 0.05) is 37.5 Å². The summed E-state index contributed by atoms with van der Waals surface area (Å²) in [6.45, 7) is 1.41. The van der Waals surface area contributed by atoms with Crippen LogP contribution in [-0.2, 0) is 16.2 Å². The van der Waals surface area contributed by atoms with Gasteiger partial charge in [-0.25, -0.2) is 4.98 Å². The number of nitrogens with zero attached hydrogens (tertiary/aromatic N) is 3. The van der Waals surface area contributed by atoms with Crippen LogP contribution in [0.2, 0.25) is 0 Å². The zero-order valence-electron chi connectivity index (χ0n) is 13.5. The molecule has 2 aromatic rings. The third kappa shape index (κ3) is 3.92. The number of hydrogen-bond acceptors (Lipinski definition) is 5. The van der Waals surface area contributed by atoms with Crippen LogP contribution in [0.25, 0.3) is 0 Å². The van der Waals surface area contributed by atoms with E-state index in [2.05, 4.69) is 15.5 Å².